The molecule has 0 aromatic heterocycles. The summed E-state index contributed by atoms with van der Waals surface area (Å²) in [4.78, 5) is 22.4. The first kappa shape index (κ1) is 30.0. The van der Waals surface area contributed by atoms with Gasteiger partial charge < -0.3 is 35.1 Å². The van der Waals surface area contributed by atoms with E-state index >= 15 is 0 Å². The number of amides is 2. The minimum Gasteiger partial charge on any atom is -0.492 e. The second kappa shape index (κ2) is 13.5. The summed E-state index contributed by atoms with van der Waals surface area (Å²) in [7, 11) is -4.05. The third-order valence-corrected chi connectivity index (χ3v) is 7.67. The molecule has 0 fully saturated rings. The van der Waals surface area contributed by atoms with Gasteiger partial charge in [-0.15, -0.1) is 0 Å². The van der Waals surface area contributed by atoms with E-state index in [0.29, 0.717) is 29.4 Å². The first-order chi connectivity index (χ1) is 18.5. The van der Waals surface area contributed by atoms with Crippen LogP contribution in [-0.2, 0) is 21.2 Å². The van der Waals surface area contributed by atoms with Gasteiger partial charge in [0, 0.05) is 26.1 Å². The van der Waals surface area contributed by atoms with Gasteiger partial charge in [0.25, 0.3) is 0 Å². The van der Waals surface area contributed by atoms with E-state index in [-0.39, 0.29) is 49.6 Å². The monoisotopic (exact) mass is 565 g/mol. The zero-order chi connectivity index (χ0) is 28.6. The Morgan fingerprint density at radius 3 is 2.41 bits per heavy atom. The van der Waals surface area contributed by atoms with Crippen molar-refractivity contribution in [2.45, 2.75) is 44.2 Å². The zero-order valence-electron chi connectivity index (χ0n) is 22.1. The van der Waals surface area contributed by atoms with Crippen molar-refractivity contribution in [2.24, 2.45) is 5.92 Å². The molecule has 4 N–H and O–H groups in total. The number of aliphatic hydroxyl groups is 1. The minimum absolute atomic E-state index is 0.0000275. The van der Waals surface area contributed by atoms with Crippen LogP contribution in [0.4, 0.5) is 4.79 Å². The lowest BCUT2D eigenvalue weighted by atomic mass is 10.0. The smallest absolute Gasteiger partial charge is 0.404 e. The van der Waals surface area contributed by atoms with Crippen molar-refractivity contribution in [1.82, 2.24) is 14.9 Å². The average Bonchev–Trinajstić information content (AvgIpc) is 3.34. The maximum absolute atomic E-state index is 13.5. The van der Waals surface area contributed by atoms with Gasteiger partial charge >= 0.3 is 6.09 Å². The number of carbonyl (C=O) groups is 2. The molecule has 214 valence electrons. The van der Waals surface area contributed by atoms with Crippen molar-refractivity contribution < 1.29 is 42.4 Å². The number of carbonyl (C=O) groups excluding carboxylic acids is 1. The van der Waals surface area contributed by atoms with Crippen LogP contribution in [0, 0.1) is 5.92 Å². The molecule has 2 amide bonds. The predicted octanol–water partition coefficient (Wildman–Crippen LogP) is 1.82. The topological polar surface area (TPSA) is 164 Å². The van der Waals surface area contributed by atoms with Gasteiger partial charge in [-0.1, -0.05) is 26.0 Å². The van der Waals surface area contributed by atoms with Gasteiger partial charge in [0.1, 0.15) is 12.4 Å². The van der Waals surface area contributed by atoms with Crippen LogP contribution in [0.15, 0.2) is 47.4 Å². The zero-order valence-corrected chi connectivity index (χ0v) is 22.9. The molecule has 1 aliphatic heterocycles. The van der Waals surface area contributed by atoms with Gasteiger partial charge in [-0.05, 0) is 42.2 Å². The molecule has 0 bridgehead atoms. The summed E-state index contributed by atoms with van der Waals surface area (Å²) in [6.07, 6.45) is -2.58. The second-order valence-electron chi connectivity index (χ2n) is 9.53. The highest BCUT2D eigenvalue weighted by Gasteiger charge is 2.32. The predicted molar refractivity (Wildman–Crippen MR) is 141 cm³/mol. The number of fused-ring (bicyclic) bond motifs is 1. The van der Waals surface area contributed by atoms with Gasteiger partial charge in [0.15, 0.2) is 11.5 Å². The number of aliphatic hydroxyl groups excluding tert-OH is 1. The van der Waals surface area contributed by atoms with E-state index in [0.717, 1.165) is 4.31 Å². The van der Waals surface area contributed by atoms with E-state index in [1.54, 1.807) is 24.3 Å². The summed E-state index contributed by atoms with van der Waals surface area (Å²) >= 11 is 0. The molecule has 2 aromatic rings. The molecule has 1 heterocycles. The third kappa shape index (κ3) is 8.73. The molecule has 13 heteroatoms. The summed E-state index contributed by atoms with van der Waals surface area (Å²) in [5.74, 6) is 1.10. The molecule has 2 atom stereocenters. The summed E-state index contributed by atoms with van der Waals surface area (Å²) in [5, 5.41) is 25.4. The Labute approximate surface area is 227 Å². The maximum atomic E-state index is 13.5. The van der Waals surface area contributed by atoms with Crippen LogP contribution >= 0.6 is 0 Å². The molecule has 0 unspecified atom stereocenters. The van der Waals surface area contributed by atoms with E-state index in [4.69, 9.17) is 14.2 Å². The van der Waals surface area contributed by atoms with Crippen LogP contribution < -0.4 is 24.8 Å². The number of carboxylic acid groups (broad SMARTS) is 1. The molecule has 1 aliphatic rings. The van der Waals surface area contributed by atoms with Crippen LogP contribution in [-0.4, -0.2) is 80.1 Å². The van der Waals surface area contributed by atoms with Gasteiger partial charge in [0.2, 0.25) is 22.7 Å². The highest BCUT2D eigenvalue weighted by atomic mass is 32.2. The molecule has 0 radical (unpaired) electrons. The maximum Gasteiger partial charge on any atom is 0.404 e. The number of rotatable bonds is 14. The van der Waals surface area contributed by atoms with Gasteiger partial charge in [-0.2, -0.15) is 4.31 Å². The van der Waals surface area contributed by atoms with Crippen molar-refractivity contribution in [3.8, 4) is 17.2 Å². The fourth-order valence-electron chi connectivity index (χ4n) is 4.01. The number of sulfonamides is 1. The standard InChI is InChI=1S/C26H35N3O9S/c1-17(2)14-29(39(34,35)21-8-9-24-25(13-21)38-16-37-24)15-23(31)22(28-26(32)33)12-19-4-6-20(7-5-19)36-11-10-27-18(3)30/h4-9,13,17,22-23,28,31H,10-12,14-16H2,1-3H3,(H,27,30)(H,32,33)/t22-,23-/m1/s1. The molecule has 0 aliphatic carbocycles. The summed E-state index contributed by atoms with van der Waals surface area (Å²) < 4.78 is 44.4. The quantitative estimate of drug-likeness (QED) is 0.250. The van der Waals surface area contributed by atoms with Gasteiger partial charge in [0.05, 0.1) is 23.6 Å². The normalized spacial score (nSPS) is 14.2. The largest absolute Gasteiger partial charge is 0.492 e. The van der Waals surface area contributed by atoms with Crippen molar-refractivity contribution in [1.29, 1.82) is 0 Å². The fourth-order valence-corrected chi connectivity index (χ4v) is 5.65. The van der Waals surface area contributed by atoms with Crippen molar-refractivity contribution in [3.05, 3.63) is 48.0 Å². The first-order valence-electron chi connectivity index (χ1n) is 12.5. The fraction of sp³-hybridized carbons (Fsp3) is 0.462. The van der Waals surface area contributed by atoms with Crippen LogP contribution in [0.25, 0.3) is 0 Å². The Bertz CT molecular complexity index is 1240. The number of nitrogens with zero attached hydrogens (tertiary/aromatic N) is 1. The lowest BCUT2D eigenvalue weighted by Crippen LogP contribution is -2.50. The Hall–Kier alpha value is -3.55. The number of benzene rings is 2. The Morgan fingerprint density at radius 2 is 1.77 bits per heavy atom. The van der Waals surface area contributed by atoms with Crippen LogP contribution in [0.3, 0.4) is 0 Å². The van der Waals surface area contributed by atoms with Crippen molar-refractivity contribution >= 4 is 22.0 Å². The molecular weight excluding hydrogens is 530 g/mol. The highest BCUT2D eigenvalue weighted by molar-refractivity contribution is 7.89. The lowest BCUT2D eigenvalue weighted by molar-refractivity contribution is -0.119. The lowest BCUT2D eigenvalue weighted by Gasteiger charge is -2.30. The highest BCUT2D eigenvalue weighted by Crippen LogP contribution is 2.34. The van der Waals surface area contributed by atoms with E-state index < -0.39 is 28.3 Å². The Kier molecular flexibility index (Phi) is 10.4. The number of hydrogen-bond acceptors (Lipinski definition) is 8. The molecule has 0 saturated carbocycles. The molecule has 39 heavy (non-hydrogen) atoms. The summed E-state index contributed by atoms with van der Waals surface area (Å²) in [6.45, 7) is 5.53. The second-order valence-corrected chi connectivity index (χ2v) is 11.5. The number of hydrogen-bond donors (Lipinski definition) is 4. The number of ether oxygens (including phenoxy) is 3. The molecular formula is C26H35N3O9S. The van der Waals surface area contributed by atoms with Gasteiger partial charge in [-0.3, -0.25) is 4.79 Å². The van der Waals surface area contributed by atoms with Crippen molar-refractivity contribution in [2.75, 3.05) is 33.0 Å². The van der Waals surface area contributed by atoms with Crippen LogP contribution in [0.5, 0.6) is 17.2 Å². The molecule has 3 rings (SSSR count). The summed E-state index contributed by atoms with van der Waals surface area (Å²) in [5.41, 5.74) is 0.705. The Morgan fingerprint density at radius 1 is 1.08 bits per heavy atom. The summed E-state index contributed by atoms with van der Waals surface area (Å²) in [6, 6.07) is 10.2. The average molecular weight is 566 g/mol. The van der Waals surface area contributed by atoms with Gasteiger partial charge in [-0.25, -0.2) is 13.2 Å². The number of nitrogens with one attached hydrogen (secondary N) is 2. The molecule has 12 nitrogen and oxygen atoms in total. The molecule has 0 saturated heterocycles. The third-order valence-electron chi connectivity index (χ3n) is 5.84. The van der Waals surface area contributed by atoms with E-state index in [1.165, 1.54) is 25.1 Å². The Balaban J connectivity index is 1.73. The molecule has 0 spiro atoms. The minimum atomic E-state index is -4.05. The first-order valence-corrected chi connectivity index (χ1v) is 13.9. The molecule has 2 aromatic carbocycles. The SMILES string of the molecule is CC(=O)NCCOc1ccc(C[C@@H](NC(=O)O)[C@H](O)CN(CC(C)C)S(=O)(=O)c2ccc3c(c2)OCO3)cc1. The van der Waals surface area contributed by atoms with E-state index in [9.17, 15) is 28.2 Å². The van der Waals surface area contributed by atoms with E-state index in [2.05, 4.69) is 10.6 Å². The van der Waals surface area contributed by atoms with Crippen LogP contribution in [0.2, 0.25) is 0 Å². The van der Waals surface area contributed by atoms with Crippen molar-refractivity contribution in [3.63, 3.8) is 0 Å². The van der Waals surface area contributed by atoms with E-state index in [1.807, 2.05) is 13.8 Å². The van der Waals surface area contributed by atoms with Crippen LogP contribution in [0.1, 0.15) is 26.3 Å².